The molecule has 4 N–H and O–H groups in total. The maximum atomic E-state index is 13.4. The normalized spacial score (nSPS) is 27.3. The summed E-state index contributed by atoms with van der Waals surface area (Å²) < 4.78 is 27.2. The first-order valence-corrected chi connectivity index (χ1v) is 14.4. The van der Waals surface area contributed by atoms with Gasteiger partial charge in [-0.3, -0.25) is 19.2 Å². The van der Waals surface area contributed by atoms with E-state index in [-0.39, 0.29) is 30.8 Å². The van der Waals surface area contributed by atoms with Gasteiger partial charge in [0.1, 0.15) is 12.1 Å². The molecule has 1 saturated carbocycles. The van der Waals surface area contributed by atoms with Crippen LogP contribution in [0.25, 0.3) is 0 Å². The molecule has 3 fully saturated rings. The van der Waals surface area contributed by atoms with Gasteiger partial charge in [-0.05, 0) is 50.0 Å². The number of Topliss-reactive ketones (excluding diaryl/α,β-unsaturated/α-hetero) is 1. The molecule has 0 radical (unpaired) electrons. The first kappa shape index (κ1) is 27.2. The third-order valence-electron chi connectivity index (χ3n) is 7.72. The van der Waals surface area contributed by atoms with Gasteiger partial charge in [-0.1, -0.05) is 30.3 Å². The number of sulfonamides is 1. The fourth-order valence-electron chi connectivity index (χ4n) is 5.71. The van der Waals surface area contributed by atoms with E-state index in [0.29, 0.717) is 44.1 Å². The highest BCUT2D eigenvalue weighted by atomic mass is 32.2. The second-order valence-corrected chi connectivity index (χ2v) is 12.2. The van der Waals surface area contributed by atoms with Crippen LogP contribution < -0.4 is 16.4 Å². The second kappa shape index (κ2) is 11.3. The second-order valence-electron chi connectivity index (χ2n) is 10.2. The number of hydrogen-bond donors (Lipinski definition) is 3. The topological polar surface area (TPSA) is 159 Å². The predicted octanol–water partition coefficient (Wildman–Crippen LogP) is -0.491. The van der Waals surface area contributed by atoms with E-state index in [2.05, 4.69) is 10.6 Å². The van der Waals surface area contributed by atoms with Crippen molar-refractivity contribution in [2.75, 3.05) is 20.1 Å². The van der Waals surface area contributed by atoms with E-state index < -0.39 is 51.7 Å². The third-order valence-corrected chi connectivity index (χ3v) is 9.49. The van der Waals surface area contributed by atoms with Crippen LogP contribution in [0.2, 0.25) is 0 Å². The summed E-state index contributed by atoms with van der Waals surface area (Å²) in [7, 11) is -2.36. The molecule has 2 heterocycles. The van der Waals surface area contributed by atoms with Crippen molar-refractivity contribution in [1.82, 2.24) is 19.8 Å². The van der Waals surface area contributed by atoms with Crippen LogP contribution in [0.3, 0.4) is 0 Å². The van der Waals surface area contributed by atoms with Gasteiger partial charge in [0.2, 0.25) is 27.6 Å². The molecule has 3 atom stereocenters. The van der Waals surface area contributed by atoms with Gasteiger partial charge in [-0.15, -0.1) is 0 Å². The van der Waals surface area contributed by atoms with Crippen LogP contribution in [0.5, 0.6) is 0 Å². The van der Waals surface area contributed by atoms with Gasteiger partial charge in [-0.2, -0.15) is 4.31 Å². The predicted molar refractivity (Wildman–Crippen MR) is 135 cm³/mol. The van der Waals surface area contributed by atoms with E-state index in [1.807, 2.05) is 0 Å². The number of amides is 3. The van der Waals surface area contributed by atoms with Crippen molar-refractivity contribution in [3.63, 3.8) is 0 Å². The van der Waals surface area contributed by atoms with E-state index in [4.69, 9.17) is 5.73 Å². The van der Waals surface area contributed by atoms with E-state index in [1.54, 1.807) is 30.3 Å². The molecular weight excluding hydrogens is 498 g/mol. The van der Waals surface area contributed by atoms with Crippen LogP contribution in [-0.4, -0.2) is 85.4 Å². The molecule has 11 nitrogen and oxygen atoms in total. The maximum Gasteiger partial charge on any atom is 0.289 e. The molecule has 12 heteroatoms. The van der Waals surface area contributed by atoms with Gasteiger partial charge < -0.3 is 21.3 Å². The molecule has 3 aliphatic rings. The van der Waals surface area contributed by atoms with E-state index in [0.717, 1.165) is 0 Å². The van der Waals surface area contributed by atoms with Crippen LogP contribution in [0, 0.1) is 5.92 Å². The SMILES string of the molecule is CNC(=O)C(=O)[C@@H](NC(=O)[C@@H]1CC[C@H]2CN(S(=O)(=O)Cc3ccccc3)CC(=O)N21)C1CCC(N)CC1. The maximum absolute atomic E-state index is 13.4. The Hall–Kier alpha value is -2.83. The van der Waals surface area contributed by atoms with Crippen LogP contribution in [-0.2, 0) is 35.0 Å². The summed E-state index contributed by atoms with van der Waals surface area (Å²) in [6, 6.07) is 6.57. The fourth-order valence-corrected chi connectivity index (χ4v) is 7.21. The molecule has 37 heavy (non-hydrogen) atoms. The van der Waals surface area contributed by atoms with Crippen molar-refractivity contribution in [3.05, 3.63) is 35.9 Å². The number of nitrogens with one attached hydrogen (secondary N) is 2. The zero-order chi connectivity index (χ0) is 26.7. The first-order valence-electron chi connectivity index (χ1n) is 12.8. The van der Waals surface area contributed by atoms with Crippen molar-refractivity contribution in [2.45, 2.75) is 68.4 Å². The Morgan fingerprint density at radius 1 is 1.05 bits per heavy atom. The number of hydrogen-bond acceptors (Lipinski definition) is 7. The van der Waals surface area contributed by atoms with Crippen LogP contribution in [0.4, 0.5) is 0 Å². The molecule has 1 aromatic rings. The highest BCUT2D eigenvalue weighted by Crippen LogP contribution is 2.31. The van der Waals surface area contributed by atoms with Crippen molar-refractivity contribution >= 4 is 33.5 Å². The first-order chi connectivity index (χ1) is 17.6. The molecular formula is C25H35N5O6S. The molecule has 1 aliphatic carbocycles. The lowest BCUT2D eigenvalue weighted by Crippen LogP contribution is -2.61. The molecule has 4 rings (SSSR count). The van der Waals surface area contributed by atoms with E-state index in [1.165, 1.54) is 16.3 Å². The molecule has 202 valence electrons. The number of fused-ring (bicyclic) bond motifs is 1. The number of carbonyl (C=O) groups excluding carboxylic acids is 4. The lowest BCUT2D eigenvalue weighted by Gasteiger charge is -2.39. The Kier molecular flexibility index (Phi) is 8.29. The Labute approximate surface area is 217 Å². The zero-order valence-electron chi connectivity index (χ0n) is 21.0. The molecule has 0 aromatic heterocycles. The minimum atomic E-state index is -3.72. The molecule has 2 aliphatic heterocycles. The molecule has 0 spiro atoms. The van der Waals surface area contributed by atoms with Crippen LogP contribution in [0.1, 0.15) is 44.1 Å². The van der Waals surface area contributed by atoms with E-state index >= 15 is 0 Å². The van der Waals surface area contributed by atoms with Gasteiger partial charge in [0, 0.05) is 25.7 Å². The van der Waals surface area contributed by atoms with E-state index in [9.17, 15) is 27.6 Å². The van der Waals surface area contributed by atoms with Crippen molar-refractivity contribution in [3.8, 4) is 0 Å². The third kappa shape index (κ3) is 6.02. The van der Waals surface area contributed by atoms with Gasteiger partial charge in [0.25, 0.3) is 5.91 Å². The summed E-state index contributed by atoms with van der Waals surface area (Å²) >= 11 is 0. The Balaban J connectivity index is 1.44. The molecule has 2 saturated heterocycles. The zero-order valence-corrected chi connectivity index (χ0v) is 21.8. The summed E-state index contributed by atoms with van der Waals surface area (Å²) in [5.41, 5.74) is 6.63. The van der Waals surface area contributed by atoms with Crippen LogP contribution in [0.15, 0.2) is 30.3 Å². The molecule has 3 amide bonds. The lowest BCUT2D eigenvalue weighted by molar-refractivity contribution is -0.145. The quantitative estimate of drug-likeness (QED) is 0.380. The van der Waals surface area contributed by atoms with Crippen molar-refractivity contribution in [1.29, 1.82) is 0 Å². The summed E-state index contributed by atoms with van der Waals surface area (Å²) in [6.45, 7) is -0.220. The number of rotatable bonds is 8. The summed E-state index contributed by atoms with van der Waals surface area (Å²) in [5, 5.41) is 5.10. The van der Waals surface area contributed by atoms with Crippen molar-refractivity contribution < 1.29 is 27.6 Å². The lowest BCUT2D eigenvalue weighted by atomic mass is 9.80. The minimum absolute atomic E-state index is 0.0328. The highest BCUT2D eigenvalue weighted by Gasteiger charge is 2.48. The molecule has 1 aromatic carbocycles. The summed E-state index contributed by atoms with van der Waals surface area (Å²) in [4.78, 5) is 52.9. The van der Waals surface area contributed by atoms with Crippen molar-refractivity contribution in [2.24, 2.45) is 11.7 Å². The molecule has 0 bridgehead atoms. The van der Waals surface area contributed by atoms with Gasteiger partial charge in [0.05, 0.1) is 12.3 Å². The number of nitrogens with zero attached hydrogens (tertiary/aromatic N) is 2. The Morgan fingerprint density at radius 3 is 2.38 bits per heavy atom. The average molecular weight is 534 g/mol. The number of nitrogens with two attached hydrogens (primary N) is 1. The minimum Gasteiger partial charge on any atom is -0.353 e. The summed E-state index contributed by atoms with van der Waals surface area (Å²) in [6.07, 6.45) is 3.43. The van der Waals surface area contributed by atoms with Gasteiger partial charge in [0.15, 0.2) is 0 Å². The number of ketones is 1. The number of likely N-dealkylation sites (N-methyl/N-ethyl adjacent to an activating group) is 1. The largest absolute Gasteiger partial charge is 0.353 e. The smallest absolute Gasteiger partial charge is 0.289 e. The van der Waals surface area contributed by atoms with Gasteiger partial charge >= 0.3 is 0 Å². The fraction of sp³-hybridized carbons (Fsp3) is 0.600. The number of piperazine rings is 1. The number of benzene rings is 1. The average Bonchev–Trinajstić information content (AvgIpc) is 3.32. The monoisotopic (exact) mass is 533 g/mol. The van der Waals surface area contributed by atoms with Crippen LogP contribution >= 0.6 is 0 Å². The number of carbonyl (C=O) groups is 4. The Morgan fingerprint density at radius 2 is 1.73 bits per heavy atom. The highest BCUT2D eigenvalue weighted by molar-refractivity contribution is 7.88. The standard InChI is InChI=1S/C25H35N5O6S/c1-27-25(34)23(32)22(17-7-9-18(26)10-8-17)28-24(33)20-12-11-19-13-29(14-21(31)30(19)20)37(35,36)15-16-5-3-2-4-6-16/h2-6,17-20,22H,7-15,26H2,1H3,(H,27,34)(H,28,33)/t17?,18?,19-,20-,22-/m0/s1. The molecule has 0 unspecified atom stereocenters. The summed E-state index contributed by atoms with van der Waals surface area (Å²) in [5.74, 6) is -2.85. The Bertz CT molecular complexity index is 1140. The van der Waals surface area contributed by atoms with Gasteiger partial charge in [-0.25, -0.2) is 8.42 Å².